The van der Waals surface area contributed by atoms with Crippen molar-refractivity contribution in [1.82, 2.24) is 5.32 Å². The number of ether oxygens (including phenoxy) is 1. The summed E-state index contributed by atoms with van der Waals surface area (Å²) >= 11 is 0. The topological polar surface area (TPSA) is 33.3 Å². The molecule has 0 spiro atoms. The summed E-state index contributed by atoms with van der Waals surface area (Å²) in [7, 11) is 0. The van der Waals surface area contributed by atoms with Crippen molar-refractivity contribution >= 4 is 5.69 Å². The third-order valence-electron chi connectivity index (χ3n) is 2.90. The highest BCUT2D eigenvalue weighted by molar-refractivity contribution is 5.51. The lowest BCUT2D eigenvalue weighted by Crippen LogP contribution is -2.22. The lowest BCUT2D eigenvalue weighted by atomic mass is 10.1. The molecule has 3 nitrogen and oxygen atoms in total. The fourth-order valence-corrected chi connectivity index (χ4v) is 2.00. The lowest BCUT2D eigenvalue weighted by Gasteiger charge is -2.16. The zero-order chi connectivity index (χ0) is 11.2. The van der Waals surface area contributed by atoms with Crippen LogP contribution in [0.15, 0.2) is 24.3 Å². The number of rotatable bonds is 5. The molecule has 1 fully saturated rings. The minimum absolute atomic E-state index is 0.558. The monoisotopic (exact) mass is 220 g/mol. The van der Waals surface area contributed by atoms with Crippen LogP contribution in [0.5, 0.6) is 0 Å². The molecule has 0 radical (unpaired) electrons. The van der Waals surface area contributed by atoms with E-state index < -0.39 is 0 Å². The predicted molar refractivity (Wildman–Crippen MR) is 66.7 cm³/mol. The Kier molecular flexibility index (Phi) is 4.19. The first-order valence-electron chi connectivity index (χ1n) is 6.03. The van der Waals surface area contributed by atoms with Gasteiger partial charge in [0.05, 0.1) is 6.61 Å². The highest BCUT2D eigenvalue weighted by Crippen LogP contribution is 2.18. The zero-order valence-corrected chi connectivity index (χ0v) is 9.83. The van der Waals surface area contributed by atoms with Gasteiger partial charge >= 0.3 is 0 Å². The molecule has 0 aromatic heterocycles. The number of hydrogen-bond acceptors (Lipinski definition) is 3. The van der Waals surface area contributed by atoms with Gasteiger partial charge in [0.2, 0.25) is 0 Å². The van der Waals surface area contributed by atoms with Crippen LogP contribution in [0.4, 0.5) is 5.69 Å². The van der Waals surface area contributed by atoms with E-state index in [2.05, 4.69) is 34.9 Å². The van der Waals surface area contributed by atoms with Crippen LogP contribution in [0.2, 0.25) is 0 Å². The molecule has 1 aromatic rings. The minimum Gasteiger partial charge on any atom is -0.381 e. The third-order valence-corrected chi connectivity index (χ3v) is 2.90. The van der Waals surface area contributed by atoms with E-state index >= 15 is 0 Å². The van der Waals surface area contributed by atoms with E-state index in [1.807, 2.05) is 6.92 Å². The Morgan fingerprint density at radius 3 is 3.06 bits per heavy atom. The van der Waals surface area contributed by atoms with Gasteiger partial charge in [0, 0.05) is 30.4 Å². The molecular weight excluding hydrogens is 200 g/mol. The van der Waals surface area contributed by atoms with Crippen molar-refractivity contribution in [3.05, 3.63) is 29.8 Å². The van der Waals surface area contributed by atoms with E-state index in [0.29, 0.717) is 12.6 Å². The number of para-hydroxylation sites is 1. The zero-order valence-electron chi connectivity index (χ0n) is 9.83. The predicted octanol–water partition coefficient (Wildman–Crippen LogP) is 2.00. The maximum atomic E-state index is 5.47. The lowest BCUT2D eigenvalue weighted by molar-refractivity contribution is 0.134. The molecule has 0 aliphatic carbocycles. The van der Waals surface area contributed by atoms with Gasteiger partial charge in [0.1, 0.15) is 0 Å². The van der Waals surface area contributed by atoms with Gasteiger partial charge in [-0.3, -0.25) is 0 Å². The average Bonchev–Trinajstić information content (AvgIpc) is 2.81. The number of nitrogens with one attached hydrogen (secondary N) is 2. The molecule has 0 amide bonds. The van der Waals surface area contributed by atoms with Gasteiger partial charge in [-0.2, -0.15) is 0 Å². The summed E-state index contributed by atoms with van der Waals surface area (Å²) in [4.78, 5) is 0. The summed E-state index contributed by atoms with van der Waals surface area (Å²) in [6, 6.07) is 8.95. The van der Waals surface area contributed by atoms with Crippen molar-refractivity contribution in [2.24, 2.45) is 0 Å². The van der Waals surface area contributed by atoms with E-state index in [1.54, 1.807) is 0 Å². The molecule has 2 rings (SSSR count). The first-order chi connectivity index (χ1) is 7.90. The first-order valence-corrected chi connectivity index (χ1v) is 6.03. The second kappa shape index (κ2) is 5.87. The number of hydrogen-bond donors (Lipinski definition) is 2. The average molecular weight is 220 g/mol. The third kappa shape index (κ3) is 2.97. The Bertz CT molecular complexity index is 321. The van der Waals surface area contributed by atoms with E-state index in [1.165, 1.54) is 17.7 Å². The van der Waals surface area contributed by atoms with Crippen LogP contribution in [-0.4, -0.2) is 25.7 Å². The summed E-state index contributed by atoms with van der Waals surface area (Å²) in [5.74, 6) is 0. The summed E-state index contributed by atoms with van der Waals surface area (Å²) in [5.41, 5.74) is 2.46. The quantitative estimate of drug-likeness (QED) is 0.796. The fourth-order valence-electron chi connectivity index (χ4n) is 2.00. The molecule has 0 bridgehead atoms. The van der Waals surface area contributed by atoms with Gasteiger partial charge < -0.3 is 15.4 Å². The smallest absolute Gasteiger partial charge is 0.0736 e. The van der Waals surface area contributed by atoms with Crippen LogP contribution < -0.4 is 10.6 Å². The van der Waals surface area contributed by atoms with Gasteiger partial charge in [0.25, 0.3) is 0 Å². The summed E-state index contributed by atoms with van der Waals surface area (Å²) in [5, 5.41) is 6.94. The Hall–Kier alpha value is -1.06. The summed E-state index contributed by atoms with van der Waals surface area (Å²) < 4.78 is 5.47. The van der Waals surface area contributed by atoms with Crippen molar-refractivity contribution in [2.45, 2.75) is 26.0 Å². The van der Waals surface area contributed by atoms with Crippen LogP contribution in [0.1, 0.15) is 18.9 Å². The maximum Gasteiger partial charge on any atom is 0.0736 e. The molecule has 1 aliphatic rings. The van der Waals surface area contributed by atoms with Gasteiger partial charge in [-0.25, -0.2) is 0 Å². The largest absolute Gasteiger partial charge is 0.381 e. The Balaban J connectivity index is 2.00. The Morgan fingerprint density at radius 1 is 1.44 bits per heavy atom. The van der Waals surface area contributed by atoms with E-state index in [9.17, 15) is 0 Å². The van der Waals surface area contributed by atoms with Crippen molar-refractivity contribution in [3.8, 4) is 0 Å². The van der Waals surface area contributed by atoms with Crippen LogP contribution in [-0.2, 0) is 11.3 Å². The highest BCUT2D eigenvalue weighted by Gasteiger charge is 2.14. The van der Waals surface area contributed by atoms with Gasteiger partial charge in [-0.15, -0.1) is 0 Å². The maximum absolute atomic E-state index is 5.47. The molecule has 1 heterocycles. The SMILES string of the molecule is CCOCc1ccccc1NC1CCNC1. The second-order valence-corrected chi connectivity index (χ2v) is 4.13. The molecule has 16 heavy (non-hydrogen) atoms. The summed E-state index contributed by atoms with van der Waals surface area (Å²) in [6.45, 7) is 5.66. The number of anilines is 1. The Labute approximate surface area is 97.2 Å². The highest BCUT2D eigenvalue weighted by atomic mass is 16.5. The van der Waals surface area contributed by atoms with E-state index in [0.717, 1.165) is 19.7 Å². The number of benzene rings is 1. The Morgan fingerprint density at radius 2 is 2.31 bits per heavy atom. The van der Waals surface area contributed by atoms with Gasteiger partial charge in [-0.1, -0.05) is 18.2 Å². The molecule has 3 heteroatoms. The van der Waals surface area contributed by atoms with Crippen LogP contribution in [0, 0.1) is 0 Å². The molecule has 1 aliphatic heterocycles. The van der Waals surface area contributed by atoms with E-state index in [-0.39, 0.29) is 0 Å². The molecule has 1 aromatic carbocycles. The summed E-state index contributed by atoms with van der Waals surface area (Å²) in [6.07, 6.45) is 1.20. The van der Waals surface area contributed by atoms with Crippen LogP contribution in [0.3, 0.4) is 0 Å². The van der Waals surface area contributed by atoms with Crippen molar-refractivity contribution in [2.75, 3.05) is 25.0 Å². The fraction of sp³-hybridized carbons (Fsp3) is 0.538. The molecule has 2 N–H and O–H groups in total. The van der Waals surface area contributed by atoms with Crippen LogP contribution in [0.25, 0.3) is 0 Å². The van der Waals surface area contributed by atoms with Crippen LogP contribution >= 0.6 is 0 Å². The van der Waals surface area contributed by atoms with E-state index in [4.69, 9.17) is 4.74 Å². The standard InChI is InChI=1S/C13H20N2O/c1-2-16-10-11-5-3-4-6-13(11)15-12-7-8-14-9-12/h3-6,12,14-15H,2,7-10H2,1H3. The van der Waals surface area contributed by atoms with Crippen molar-refractivity contribution < 1.29 is 4.74 Å². The molecule has 1 unspecified atom stereocenters. The molecule has 88 valence electrons. The molecular formula is C13H20N2O. The first kappa shape index (κ1) is 11.4. The molecule has 1 saturated heterocycles. The van der Waals surface area contributed by atoms with Gasteiger partial charge in [-0.05, 0) is 26.0 Å². The molecule has 1 atom stereocenters. The second-order valence-electron chi connectivity index (χ2n) is 4.13. The van der Waals surface area contributed by atoms with Crippen molar-refractivity contribution in [1.29, 1.82) is 0 Å². The minimum atomic E-state index is 0.558. The van der Waals surface area contributed by atoms with Gasteiger partial charge in [0.15, 0.2) is 0 Å². The van der Waals surface area contributed by atoms with Crippen molar-refractivity contribution in [3.63, 3.8) is 0 Å². The normalized spacial score (nSPS) is 19.9. The molecule has 0 saturated carbocycles.